The Morgan fingerprint density at radius 1 is 1.25 bits per heavy atom. The molecular formula is C20H21FN4O3. The van der Waals surface area contributed by atoms with E-state index in [4.69, 9.17) is 10.3 Å². The number of phenols is 1. The molecule has 0 aliphatic heterocycles. The predicted octanol–water partition coefficient (Wildman–Crippen LogP) is 3.70. The molecule has 0 fully saturated rings. The quantitative estimate of drug-likeness (QED) is 0.270. The first kappa shape index (κ1) is 18.1. The van der Waals surface area contributed by atoms with Gasteiger partial charge in [0.2, 0.25) is 5.96 Å². The van der Waals surface area contributed by atoms with E-state index < -0.39 is 5.82 Å². The van der Waals surface area contributed by atoms with Gasteiger partial charge >= 0.3 is 0 Å². The minimum absolute atomic E-state index is 0.0985. The standard InChI is InChI=1S/C20H21FN4O3/c1-10-17(11(2)28-24-10)19-18(13-8-7-12(26)9-15(13)21)14-5-3-4-6-16(14)25(19)20(22)23-27/h7-9,26-27H,3-6H2,1-2H3,(H2,22,23). The number of benzene rings is 1. The lowest BCUT2D eigenvalue weighted by molar-refractivity contribution is 0.316. The lowest BCUT2D eigenvalue weighted by atomic mass is 9.89. The van der Waals surface area contributed by atoms with Gasteiger partial charge in [0.15, 0.2) is 0 Å². The summed E-state index contributed by atoms with van der Waals surface area (Å²) < 4.78 is 21.9. The van der Waals surface area contributed by atoms with Crippen LogP contribution in [0.5, 0.6) is 5.75 Å². The number of hydrogen-bond donors (Lipinski definition) is 3. The molecular weight excluding hydrogens is 363 g/mol. The first-order valence-electron chi connectivity index (χ1n) is 9.10. The molecule has 0 radical (unpaired) electrons. The normalized spacial score (nSPS) is 14.3. The fraction of sp³-hybridized carbons (Fsp3) is 0.300. The third-order valence-electron chi connectivity index (χ3n) is 5.29. The molecule has 7 nitrogen and oxygen atoms in total. The van der Waals surface area contributed by atoms with E-state index in [-0.39, 0.29) is 11.7 Å². The van der Waals surface area contributed by atoms with Crippen molar-refractivity contribution in [1.82, 2.24) is 9.72 Å². The van der Waals surface area contributed by atoms with Crippen molar-refractivity contribution in [3.8, 4) is 28.1 Å². The van der Waals surface area contributed by atoms with E-state index in [2.05, 4.69) is 10.3 Å². The molecule has 1 aliphatic carbocycles. The van der Waals surface area contributed by atoms with Crippen LogP contribution >= 0.6 is 0 Å². The van der Waals surface area contributed by atoms with Crippen molar-refractivity contribution in [2.24, 2.45) is 10.9 Å². The number of rotatable bonds is 2. The zero-order valence-electron chi connectivity index (χ0n) is 15.7. The minimum atomic E-state index is -0.543. The van der Waals surface area contributed by atoms with Gasteiger partial charge in [0, 0.05) is 22.9 Å². The maximum absolute atomic E-state index is 14.9. The Balaban J connectivity index is 2.17. The molecule has 0 saturated heterocycles. The molecule has 2 aromatic heterocycles. The number of oxime groups is 1. The Morgan fingerprint density at radius 2 is 2.00 bits per heavy atom. The molecule has 2 heterocycles. The number of phenolic OH excluding ortho intramolecular Hbond substituents is 1. The highest BCUT2D eigenvalue weighted by atomic mass is 19.1. The topological polar surface area (TPSA) is 110 Å². The third kappa shape index (κ3) is 2.64. The molecule has 0 spiro atoms. The second kappa shape index (κ2) is 6.70. The van der Waals surface area contributed by atoms with Crippen LogP contribution in [0.1, 0.15) is 35.6 Å². The van der Waals surface area contributed by atoms with E-state index in [9.17, 15) is 14.7 Å². The highest BCUT2D eigenvalue weighted by Gasteiger charge is 2.32. The van der Waals surface area contributed by atoms with Crippen molar-refractivity contribution in [3.05, 3.63) is 46.7 Å². The van der Waals surface area contributed by atoms with E-state index in [1.165, 1.54) is 6.07 Å². The second-order valence-electron chi connectivity index (χ2n) is 7.01. The van der Waals surface area contributed by atoms with E-state index in [0.29, 0.717) is 33.8 Å². The molecule has 0 unspecified atom stereocenters. The molecule has 0 atom stereocenters. The maximum Gasteiger partial charge on any atom is 0.242 e. The molecule has 28 heavy (non-hydrogen) atoms. The number of nitrogens with two attached hydrogens (primary N) is 1. The van der Waals surface area contributed by atoms with Crippen molar-refractivity contribution < 1.29 is 19.2 Å². The molecule has 4 N–H and O–H groups in total. The third-order valence-corrected chi connectivity index (χ3v) is 5.29. The van der Waals surface area contributed by atoms with Gasteiger partial charge in [-0.15, -0.1) is 0 Å². The number of aromatic hydroxyl groups is 1. The van der Waals surface area contributed by atoms with E-state index in [0.717, 1.165) is 43.0 Å². The summed E-state index contributed by atoms with van der Waals surface area (Å²) in [6, 6.07) is 4.08. The van der Waals surface area contributed by atoms with Gasteiger partial charge in [0.25, 0.3) is 0 Å². The largest absolute Gasteiger partial charge is 0.508 e. The second-order valence-corrected chi connectivity index (χ2v) is 7.01. The molecule has 1 aliphatic rings. The Morgan fingerprint density at radius 3 is 2.64 bits per heavy atom. The smallest absolute Gasteiger partial charge is 0.242 e. The summed E-state index contributed by atoms with van der Waals surface area (Å²) in [4.78, 5) is 0. The van der Waals surface area contributed by atoms with Crippen LogP contribution in [-0.4, -0.2) is 26.0 Å². The Bertz CT molecular complexity index is 1080. The fourth-order valence-electron chi connectivity index (χ4n) is 4.15. The zero-order valence-corrected chi connectivity index (χ0v) is 15.7. The van der Waals surface area contributed by atoms with Gasteiger partial charge in [-0.25, -0.2) is 4.39 Å². The van der Waals surface area contributed by atoms with Gasteiger partial charge in [-0.3, -0.25) is 4.57 Å². The van der Waals surface area contributed by atoms with Crippen LogP contribution in [0.15, 0.2) is 27.9 Å². The molecule has 0 bridgehead atoms. The molecule has 4 rings (SSSR count). The van der Waals surface area contributed by atoms with Crippen LogP contribution in [0, 0.1) is 19.7 Å². The molecule has 146 valence electrons. The summed E-state index contributed by atoms with van der Waals surface area (Å²) in [6.45, 7) is 3.57. The van der Waals surface area contributed by atoms with Crippen LogP contribution in [0.25, 0.3) is 22.4 Å². The van der Waals surface area contributed by atoms with E-state index in [1.807, 2.05) is 0 Å². The predicted molar refractivity (Wildman–Crippen MR) is 102 cm³/mol. The van der Waals surface area contributed by atoms with Gasteiger partial charge in [-0.1, -0.05) is 10.3 Å². The lowest BCUT2D eigenvalue weighted by Gasteiger charge is -2.15. The lowest BCUT2D eigenvalue weighted by Crippen LogP contribution is -2.26. The number of nitrogens with zero attached hydrogens (tertiary/aromatic N) is 3. The average Bonchev–Trinajstić information content (AvgIpc) is 3.18. The zero-order chi connectivity index (χ0) is 20.0. The highest BCUT2D eigenvalue weighted by Crippen LogP contribution is 2.45. The monoisotopic (exact) mass is 384 g/mol. The van der Waals surface area contributed by atoms with Crippen molar-refractivity contribution in [2.75, 3.05) is 0 Å². The number of aromatic nitrogens is 2. The molecule has 3 aromatic rings. The number of halogens is 1. The van der Waals surface area contributed by atoms with Gasteiger partial charge < -0.3 is 20.6 Å². The summed E-state index contributed by atoms with van der Waals surface area (Å²) >= 11 is 0. The summed E-state index contributed by atoms with van der Waals surface area (Å²) in [6.07, 6.45) is 3.38. The molecule has 0 saturated carbocycles. The van der Waals surface area contributed by atoms with Crippen molar-refractivity contribution in [2.45, 2.75) is 39.5 Å². The molecule has 8 heteroatoms. The molecule has 1 aromatic carbocycles. The number of aryl methyl sites for hydroxylation is 2. The van der Waals surface area contributed by atoms with Crippen LogP contribution in [-0.2, 0) is 12.8 Å². The minimum Gasteiger partial charge on any atom is -0.508 e. The number of hydrogen-bond acceptors (Lipinski definition) is 5. The van der Waals surface area contributed by atoms with Crippen LogP contribution < -0.4 is 5.73 Å². The van der Waals surface area contributed by atoms with E-state index in [1.54, 1.807) is 24.5 Å². The Hall–Kier alpha value is -3.29. The molecule has 0 amide bonds. The van der Waals surface area contributed by atoms with Gasteiger partial charge in [0.1, 0.15) is 17.3 Å². The van der Waals surface area contributed by atoms with Crippen molar-refractivity contribution in [3.63, 3.8) is 0 Å². The van der Waals surface area contributed by atoms with E-state index >= 15 is 0 Å². The Labute approximate surface area is 160 Å². The van der Waals surface area contributed by atoms with Crippen molar-refractivity contribution in [1.29, 1.82) is 0 Å². The first-order chi connectivity index (χ1) is 13.4. The summed E-state index contributed by atoms with van der Waals surface area (Å²) in [5.74, 6) is -0.235. The van der Waals surface area contributed by atoms with Gasteiger partial charge in [0.05, 0.1) is 17.0 Å². The van der Waals surface area contributed by atoms with Crippen LogP contribution in [0.3, 0.4) is 0 Å². The SMILES string of the molecule is Cc1noc(C)c1-c1c(-c2ccc(O)cc2F)c2c(n1/C(N)=N/O)CCCC2. The maximum atomic E-state index is 14.9. The fourth-order valence-corrected chi connectivity index (χ4v) is 4.15. The van der Waals surface area contributed by atoms with Gasteiger partial charge in [-0.05, 0) is 57.2 Å². The number of fused-ring (bicyclic) bond motifs is 1. The van der Waals surface area contributed by atoms with Gasteiger partial charge in [-0.2, -0.15) is 0 Å². The van der Waals surface area contributed by atoms with Crippen LogP contribution in [0.2, 0.25) is 0 Å². The van der Waals surface area contributed by atoms with Crippen LogP contribution in [0.4, 0.5) is 4.39 Å². The summed E-state index contributed by atoms with van der Waals surface area (Å²) in [5, 5.41) is 26.3. The highest BCUT2D eigenvalue weighted by molar-refractivity contribution is 5.96. The average molecular weight is 384 g/mol. The Kier molecular flexibility index (Phi) is 4.33. The first-order valence-corrected chi connectivity index (χ1v) is 9.10. The summed E-state index contributed by atoms with van der Waals surface area (Å²) in [7, 11) is 0. The summed E-state index contributed by atoms with van der Waals surface area (Å²) in [5.41, 5.74) is 10.8. The van der Waals surface area contributed by atoms with Crippen molar-refractivity contribution >= 4 is 5.96 Å².